The third-order valence-corrected chi connectivity index (χ3v) is 3.75. The average molecular weight is 365 g/mol. The van der Waals surface area contributed by atoms with E-state index in [-0.39, 0.29) is 13.2 Å². The van der Waals surface area contributed by atoms with Crippen LogP contribution in [0.4, 0.5) is 0 Å². The minimum atomic E-state index is -0.503. The number of halogens is 1. The van der Waals surface area contributed by atoms with Crippen LogP contribution in [0, 0.1) is 0 Å². The molecular formula is C18H17ClO6. The first kappa shape index (κ1) is 17.2. The summed E-state index contributed by atoms with van der Waals surface area (Å²) in [6, 6.07) is 10.5. The van der Waals surface area contributed by atoms with Gasteiger partial charge in [0.1, 0.15) is 19.8 Å². The highest BCUT2D eigenvalue weighted by Gasteiger charge is 2.17. The van der Waals surface area contributed by atoms with E-state index in [0.29, 0.717) is 46.8 Å². The minimum absolute atomic E-state index is 0.0600. The number of ether oxygens (including phenoxy) is 5. The van der Waals surface area contributed by atoms with Crippen LogP contribution in [0.15, 0.2) is 36.4 Å². The first-order chi connectivity index (χ1) is 12.2. The lowest BCUT2D eigenvalue weighted by Gasteiger charge is -2.20. The first-order valence-corrected chi connectivity index (χ1v) is 8.04. The Balaban J connectivity index is 1.55. The van der Waals surface area contributed by atoms with Gasteiger partial charge in [-0.3, -0.25) is 0 Å². The van der Waals surface area contributed by atoms with E-state index in [2.05, 4.69) is 0 Å². The van der Waals surface area contributed by atoms with E-state index < -0.39 is 5.97 Å². The van der Waals surface area contributed by atoms with E-state index >= 15 is 0 Å². The number of methoxy groups -OCH3 is 1. The summed E-state index contributed by atoms with van der Waals surface area (Å²) in [6.45, 7) is 0.754. The molecule has 2 aromatic carbocycles. The summed E-state index contributed by atoms with van der Waals surface area (Å²) in [4.78, 5) is 11.9. The number of carbonyl (C=O) groups is 1. The van der Waals surface area contributed by atoms with Crippen LogP contribution in [0.3, 0.4) is 0 Å². The molecule has 132 valence electrons. The van der Waals surface area contributed by atoms with Gasteiger partial charge in [0.05, 0.1) is 12.1 Å². The molecule has 1 aliphatic rings. The summed E-state index contributed by atoms with van der Waals surface area (Å²) in [5.74, 6) is 1.59. The summed E-state index contributed by atoms with van der Waals surface area (Å²) >= 11 is 6.15. The molecule has 25 heavy (non-hydrogen) atoms. The second-order valence-corrected chi connectivity index (χ2v) is 5.61. The van der Waals surface area contributed by atoms with E-state index in [1.807, 2.05) is 6.07 Å². The molecular weight excluding hydrogens is 348 g/mol. The molecule has 2 aromatic rings. The molecule has 0 unspecified atom stereocenters. The van der Waals surface area contributed by atoms with Gasteiger partial charge in [0.25, 0.3) is 0 Å². The molecule has 0 atom stereocenters. The van der Waals surface area contributed by atoms with Crippen molar-refractivity contribution in [3.8, 4) is 23.0 Å². The van der Waals surface area contributed by atoms with Crippen molar-refractivity contribution in [2.75, 3.05) is 26.9 Å². The van der Waals surface area contributed by atoms with Crippen LogP contribution in [-0.4, -0.2) is 32.9 Å². The third-order valence-electron chi connectivity index (χ3n) is 3.47. The molecule has 0 amide bonds. The lowest BCUT2D eigenvalue weighted by Crippen LogP contribution is -2.17. The lowest BCUT2D eigenvalue weighted by atomic mass is 10.2. The number of para-hydroxylation sites is 2. The van der Waals surface area contributed by atoms with Crippen molar-refractivity contribution in [3.63, 3.8) is 0 Å². The van der Waals surface area contributed by atoms with E-state index in [4.69, 9.17) is 35.3 Å². The van der Waals surface area contributed by atoms with Crippen LogP contribution < -0.4 is 18.9 Å². The first-order valence-electron chi connectivity index (χ1n) is 7.67. The van der Waals surface area contributed by atoms with Gasteiger partial charge < -0.3 is 23.7 Å². The van der Waals surface area contributed by atoms with Crippen LogP contribution in [0.2, 0.25) is 5.02 Å². The van der Waals surface area contributed by atoms with Crippen LogP contribution >= 0.6 is 11.6 Å². The summed E-state index contributed by atoms with van der Waals surface area (Å²) in [6.07, 6.45) is 0. The zero-order valence-corrected chi connectivity index (χ0v) is 14.4. The van der Waals surface area contributed by atoms with Crippen molar-refractivity contribution in [2.45, 2.75) is 6.61 Å². The SMILES string of the molecule is COc1ccccc1OCC(=O)OCc1cc(Cl)c2c(c1)OCCO2. The Hall–Kier alpha value is -2.60. The van der Waals surface area contributed by atoms with E-state index in [0.717, 1.165) is 0 Å². The largest absolute Gasteiger partial charge is 0.493 e. The van der Waals surface area contributed by atoms with Gasteiger partial charge in [-0.15, -0.1) is 0 Å². The monoisotopic (exact) mass is 364 g/mol. The topological polar surface area (TPSA) is 63.2 Å². The van der Waals surface area contributed by atoms with Crippen molar-refractivity contribution >= 4 is 17.6 Å². The van der Waals surface area contributed by atoms with E-state index in [9.17, 15) is 4.79 Å². The Morgan fingerprint density at radius 3 is 2.72 bits per heavy atom. The predicted molar refractivity (Wildman–Crippen MR) is 90.7 cm³/mol. The molecule has 6 nitrogen and oxygen atoms in total. The maximum Gasteiger partial charge on any atom is 0.344 e. The lowest BCUT2D eigenvalue weighted by molar-refractivity contribution is -0.147. The normalized spacial score (nSPS) is 12.4. The fraction of sp³-hybridized carbons (Fsp3) is 0.278. The molecule has 0 bridgehead atoms. The van der Waals surface area contributed by atoms with Gasteiger partial charge >= 0.3 is 5.97 Å². The molecule has 0 N–H and O–H groups in total. The number of hydrogen-bond donors (Lipinski definition) is 0. The van der Waals surface area contributed by atoms with Crippen molar-refractivity contribution < 1.29 is 28.5 Å². The van der Waals surface area contributed by atoms with Gasteiger partial charge in [0, 0.05) is 0 Å². The number of esters is 1. The molecule has 0 aromatic heterocycles. The molecule has 7 heteroatoms. The molecule has 0 radical (unpaired) electrons. The molecule has 0 spiro atoms. The highest BCUT2D eigenvalue weighted by Crippen LogP contribution is 2.38. The smallest absolute Gasteiger partial charge is 0.344 e. The Kier molecular flexibility index (Phi) is 5.50. The highest BCUT2D eigenvalue weighted by molar-refractivity contribution is 6.32. The molecule has 1 heterocycles. The maximum atomic E-state index is 11.9. The van der Waals surface area contributed by atoms with Gasteiger partial charge in [-0.2, -0.15) is 0 Å². The molecule has 0 saturated heterocycles. The fourth-order valence-corrected chi connectivity index (χ4v) is 2.62. The molecule has 0 fully saturated rings. The van der Waals surface area contributed by atoms with Crippen LogP contribution in [0.1, 0.15) is 5.56 Å². The maximum absolute atomic E-state index is 11.9. The van der Waals surface area contributed by atoms with Crippen molar-refractivity contribution in [2.24, 2.45) is 0 Å². The van der Waals surface area contributed by atoms with Gasteiger partial charge in [0.15, 0.2) is 29.6 Å². The van der Waals surface area contributed by atoms with Gasteiger partial charge in [-0.25, -0.2) is 4.79 Å². The summed E-state index contributed by atoms with van der Waals surface area (Å²) in [5.41, 5.74) is 0.708. The van der Waals surface area contributed by atoms with Gasteiger partial charge in [-0.1, -0.05) is 23.7 Å². The highest BCUT2D eigenvalue weighted by atomic mass is 35.5. The van der Waals surface area contributed by atoms with Crippen molar-refractivity contribution in [1.29, 1.82) is 0 Å². The predicted octanol–water partition coefficient (Wildman–Crippen LogP) is 3.24. The molecule has 0 aliphatic carbocycles. The Labute approximate surface area is 150 Å². The Bertz CT molecular complexity index is 761. The molecule has 3 rings (SSSR count). The Morgan fingerprint density at radius 1 is 1.16 bits per heavy atom. The number of rotatable bonds is 6. The van der Waals surface area contributed by atoms with Crippen molar-refractivity contribution in [3.05, 3.63) is 47.0 Å². The van der Waals surface area contributed by atoms with Gasteiger partial charge in [-0.05, 0) is 29.8 Å². The zero-order valence-electron chi connectivity index (χ0n) is 13.6. The second-order valence-electron chi connectivity index (χ2n) is 5.20. The summed E-state index contributed by atoms with van der Waals surface area (Å²) in [7, 11) is 1.53. The summed E-state index contributed by atoms with van der Waals surface area (Å²) in [5, 5.41) is 0.425. The van der Waals surface area contributed by atoms with Crippen LogP contribution in [0.25, 0.3) is 0 Å². The number of fused-ring (bicyclic) bond motifs is 1. The number of hydrogen-bond acceptors (Lipinski definition) is 6. The quantitative estimate of drug-likeness (QED) is 0.733. The number of benzene rings is 2. The van der Waals surface area contributed by atoms with Crippen LogP contribution in [0.5, 0.6) is 23.0 Å². The Morgan fingerprint density at radius 2 is 1.92 bits per heavy atom. The summed E-state index contributed by atoms with van der Waals surface area (Å²) < 4.78 is 26.7. The van der Waals surface area contributed by atoms with E-state index in [1.165, 1.54) is 7.11 Å². The molecule has 0 saturated carbocycles. The zero-order chi connectivity index (χ0) is 17.6. The molecule has 1 aliphatic heterocycles. The van der Waals surface area contributed by atoms with E-state index in [1.54, 1.807) is 30.3 Å². The number of carbonyl (C=O) groups excluding carboxylic acids is 1. The van der Waals surface area contributed by atoms with Crippen molar-refractivity contribution in [1.82, 2.24) is 0 Å². The minimum Gasteiger partial charge on any atom is -0.493 e. The average Bonchev–Trinajstić information content (AvgIpc) is 2.65. The van der Waals surface area contributed by atoms with Gasteiger partial charge in [0.2, 0.25) is 0 Å². The van der Waals surface area contributed by atoms with Crippen LogP contribution in [-0.2, 0) is 16.1 Å². The standard InChI is InChI=1S/C18H17ClO6/c1-21-14-4-2-3-5-15(14)24-11-17(20)25-10-12-8-13(19)18-16(9-12)22-6-7-23-18/h2-5,8-9H,6-7,10-11H2,1H3. The second kappa shape index (κ2) is 7.98. The third kappa shape index (κ3) is 4.28. The fourth-order valence-electron chi connectivity index (χ4n) is 2.33.